The smallest absolute Gasteiger partial charge is 0.274 e. The van der Waals surface area contributed by atoms with Gasteiger partial charge < -0.3 is 10.2 Å². The Bertz CT molecular complexity index is 893. The van der Waals surface area contributed by atoms with Crippen molar-refractivity contribution in [1.29, 1.82) is 0 Å². The van der Waals surface area contributed by atoms with Gasteiger partial charge in [0.05, 0.1) is 0 Å². The zero-order valence-electron chi connectivity index (χ0n) is 14.5. The summed E-state index contributed by atoms with van der Waals surface area (Å²) in [5.41, 5.74) is 4.35. The van der Waals surface area contributed by atoms with Crippen molar-refractivity contribution in [2.24, 2.45) is 0 Å². The zero-order chi connectivity index (χ0) is 17.8. The van der Waals surface area contributed by atoms with Crippen LogP contribution in [0.15, 0.2) is 60.8 Å². The van der Waals surface area contributed by atoms with Crippen LogP contribution in [0.4, 0.5) is 17.3 Å². The summed E-state index contributed by atoms with van der Waals surface area (Å²) < 4.78 is 0. The molecule has 0 saturated carbocycles. The summed E-state index contributed by atoms with van der Waals surface area (Å²) in [6.45, 7) is 4.06. The number of aromatic nitrogens is 2. The third-order valence-electron chi connectivity index (χ3n) is 4.08. The Morgan fingerprint density at radius 2 is 1.76 bits per heavy atom. The number of carbonyl (C=O) groups excluding carboxylic acids is 1. The van der Waals surface area contributed by atoms with E-state index < -0.39 is 0 Å². The maximum absolute atomic E-state index is 12.5. The predicted molar refractivity (Wildman–Crippen MR) is 100 cm³/mol. The van der Waals surface area contributed by atoms with Gasteiger partial charge in [0.25, 0.3) is 5.91 Å². The lowest BCUT2D eigenvalue weighted by atomic mass is 10.1. The van der Waals surface area contributed by atoms with Gasteiger partial charge in [-0.05, 0) is 55.3 Å². The van der Waals surface area contributed by atoms with Crippen molar-refractivity contribution >= 4 is 23.2 Å². The first-order chi connectivity index (χ1) is 12.0. The second-order valence-electron chi connectivity index (χ2n) is 5.89. The molecule has 25 heavy (non-hydrogen) atoms. The number of hydrogen-bond donors (Lipinski definition) is 1. The van der Waals surface area contributed by atoms with Crippen LogP contribution >= 0.6 is 0 Å². The van der Waals surface area contributed by atoms with Crippen LogP contribution < -0.4 is 10.2 Å². The average molecular weight is 332 g/mol. The number of nitrogens with one attached hydrogen (secondary N) is 1. The van der Waals surface area contributed by atoms with Crippen LogP contribution in [0.3, 0.4) is 0 Å². The number of nitrogens with zero attached hydrogens (tertiary/aromatic N) is 3. The fraction of sp³-hybridized carbons (Fsp3) is 0.150. The number of para-hydroxylation sites is 1. The minimum absolute atomic E-state index is 0.256. The molecule has 0 spiro atoms. The van der Waals surface area contributed by atoms with Crippen molar-refractivity contribution in [1.82, 2.24) is 9.97 Å². The molecule has 2 aromatic carbocycles. The molecule has 126 valence electrons. The molecule has 1 aromatic heterocycles. The van der Waals surface area contributed by atoms with E-state index in [2.05, 4.69) is 15.3 Å². The molecular weight excluding hydrogens is 312 g/mol. The third-order valence-corrected chi connectivity index (χ3v) is 4.08. The second kappa shape index (κ2) is 7.13. The maximum atomic E-state index is 12.5. The van der Waals surface area contributed by atoms with E-state index >= 15 is 0 Å². The van der Waals surface area contributed by atoms with Crippen LogP contribution in [0.1, 0.15) is 21.6 Å². The largest absolute Gasteiger partial charge is 0.321 e. The number of amides is 1. The summed E-state index contributed by atoms with van der Waals surface area (Å²) in [6.07, 6.45) is 1.59. The summed E-state index contributed by atoms with van der Waals surface area (Å²) in [5.74, 6) is 0.215. The molecule has 3 rings (SSSR count). The van der Waals surface area contributed by atoms with Gasteiger partial charge >= 0.3 is 0 Å². The Labute approximate surface area is 147 Å². The topological polar surface area (TPSA) is 58.1 Å². The van der Waals surface area contributed by atoms with Crippen molar-refractivity contribution in [2.75, 3.05) is 17.3 Å². The molecule has 0 saturated heterocycles. The Balaban J connectivity index is 1.81. The van der Waals surface area contributed by atoms with Crippen LogP contribution in [0.5, 0.6) is 0 Å². The number of hydrogen-bond acceptors (Lipinski definition) is 4. The molecule has 0 fully saturated rings. The Morgan fingerprint density at radius 1 is 1.00 bits per heavy atom. The normalized spacial score (nSPS) is 10.4. The highest BCUT2D eigenvalue weighted by Crippen LogP contribution is 2.20. The molecular formula is C20H20N4O. The number of aryl methyl sites for hydroxylation is 2. The molecule has 0 aliphatic rings. The minimum atomic E-state index is -0.256. The Morgan fingerprint density at radius 3 is 2.48 bits per heavy atom. The van der Waals surface area contributed by atoms with Crippen molar-refractivity contribution in [3.05, 3.63) is 77.6 Å². The van der Waals surface area contributed by atoms with Gasteiger partial charge in [-0.2, -0.15) is 0 Å². The van der Waals surface area contributed by atoms with Gasteiger partial charge in [0.1, 0.15) is 5.69 Å². The highest BCUT2D eigenvalue weighted by Gasteiger charge is 2.12. The first-order valence-electron chi connectivity index (χ1n) is 8.05. The maximum Gasteiger partial charge on any atom is 0.274 e. The predicted octanol–water partition coefficient (Wildman–Crippen LogP) is 4.11. The average Bonchev–Trinajstić information content (AvgIpc) is 2.65. The fourth-order valence-electron chi connectivity index (χ4n) is 2.42. The summed E-state index contributed by atoms with van der Waals surface area (Å²) >= 11 is 0. The van der Waals surface area contributed by atoms with Gasteiger partial charge in [-0.15, -0.1) is 0 Å². The first kappa shape index (κ1) is 16.6. The monoisotopic (exact) mass is 332 g/mol. The van der Waals surface area contributed by atoms with Crippen molar-refractivity contribution in [3.8, 4) is 0 Å². The lowest BCUT2D eigenvalue weighted by Gasteiger charge is -2.17. The molecule has 0 aliphatic heterocycles. The number of carbonyl (C=O) groups is 1. The van der Waals surface area contributed by atoms with Gasteiger partial charge in [-0.1, -0.05) is 24.3 Å². The lowest BCUT2D eigenvalue weighted by molar-refractivity contribution is 0.102. The standard InChI is InChI=1S/C20H20N4O/c1-14-9-10-16(13-15(14)2)22-19(25)18-11-12-21-20(23-18)24(3)17-7-5-4-6-8-17/h4-13H,1-3H3,(H,22,25). The summed E-state index contributed by atoms with van der Waals surface area (Å²) in [7, 11) is 1.87. The van der Waals surface area contributed by atoms with Gasteiger partial charge in [-0.25, -0.2) is 9.97 Å². The molecule has 5 heteroatoms. The van der Waals surface area contributed by atoms with Crippen molar-refractivity contribution in [2.45, 2.75) is 13.8 Å². The van der Waals surface area contributed by atoms with E-state index in [4.69, 9.17) is 0 Å². The third kappa shape index (κ3) is 3.83. The van der Waals surface area contributed by atoms with E-state index in [-0.39, 0.29) is 5.91 Å². The van der Waals surface area contributed by atoms with E-state index in [1.54, 1.807) is 12.3 Å². The molecule has 0 radical (unpaired) electrons. The van der Waals surface area contributed by atoms with Crippen LogP contribution in [0, 0.1) is 13.8 Å². The van der Waals surface area contributed by atoms with Crippen molar-refractivity contribution < 1.29 is 4.79 Å². The Kier molecular flexibility index (Phi) is 4.75. The quantitative estimate of drug-likeness (QED) is 0.781. The van der Waals surface area contributed by atoms with Gasteiger partial charge in [0, 0.05) is 24.6 Å². The van der Waals surface area contributed by atoms with Crippen LogP contribution in [0.25, 0.3) is 0 Å². The zero-order valence-corrected chi connectivity index (χ0v) is 14.5. The van der Waals surface area contributed by atoms with E-state index in [1.165, 1.54) is 5.56 Å². The summed E-state index contributed by atoms with van der Waals surface area (Å²) in [4.78, 5) is 23.0. The van der Waals surface area contributed by atoms with Crippen molar-refractivity contribution in [3.63, 3.8) is 0 Å². The highest BCUT2D eigenvalue weighted by atomic mass is 16.1. The second-order valence-corrected chi connectivity index (χ2v) is 5.89. The van der Waals surface area contributed by atoms with E-state index in [9.17, 15) is 4.79 Å². The molecule has 3 aromatic rings. The van der Waals surface area contributed by atoms with Gasteiger partial charge in [-0.3, -0.25) is 4.79 Å². The molecule has 0 unspecified atom stereocenters. The number of benzene rings is 2. The molecule has 0 bridgehead atoms. The van der Waals surface area contributed by atoms with Crippen LogP contribution in [0.2, 0.25) is 0 Å². The number of rotatable bonds is 4. The molecule has 0 atom stereocenters. The van der Waals surface area contributed by atoms with Gasteiger partial charge in [0.15, 0.2) is 0 Å². The summed E-state index contributed by atoms with van der Waals surface area (Å²) in [5, 5.41) is 2.88. The first-order valence-corrected chi connectivity index (χ1v) is 8.05. The lowest BCUT2D eigenvalue weighted by Crippen LogP contribution is -2.18. The molecule has 1 heterocycles. The Hall–Kier alpha value is -3.21. The molecule has 5 nitrogen and oxygen atoms in total. The highest BCUT2D eigenvalue weighted by molar-refractivity contribution is 6.03. The minimum Gasteiger partial charge on any atom is -0.321 e. The SMILES string of the molecule is Cc1ccc(NC(=O)c2ccnc(N(C)c3ccccc3)n2)cc1C. The molecule has 0 aliphatic carbocycles. The number of anilines is 3. The molecule has 1 amide bonds. The van der Waals surface area contributed by atoms with E-state index in [0.717, 1.165) is 16.9 Å². The van der Waals surface area contributed by atoms with Crippen LogP contribution in [-0.4, -0.2) is 22.9 Å². The summed E-state index contributed by atoms with van der Waals surface area (Å²) in [6, 6.07) is 17.2. The van der Waals surface area contributed by atoms with E-state index in [0.29, 0.717) is 11.6 Å². The van der Waals surface area contributed by atoms with Crippen LogP contribution in [-0.2, 0) is 0 Å². The molecule has 1 N–H and O–H groups in total. The van der Waals surface area contributed by atoms with Gasteiger partial charge in [0.2, 0.25) is 5.95 Å². The fourth-order valence-corrected chi connectivity index (χ4v) is 2.42. The van der Waals surface area contributed by atoms with E-state index in [1.807, 2.05) is 74.3 Å².